The molecule has 1 aromatic carbocycles. The predicted molar refractivity (Wildman–Crippen MR) is 44.9 cm³/mol. The van der Waals surface area contributed by atoms with Crippen LogP contribution in [0.2, 0.25) is 0 Å². The van der Waals surface area contributed by atoms with Crippen LogP contribution in [0.25, 0.3) is 0 Å². The number of hydrogen-bond donors (Lipinski definition) is 3. The maximum Gasteiger partial charge on any atom is 0.147 e. The summed E-state index contributed by atoms with van der Waals surface area (Å²) in [7, 11) is 0. The van der Waals surface area contributed by atoms with E-state index in [1.807, 2.05) is 0 Å². The molecule has 64 valence electrons. The zero-order valence-corrected chi connectivity index (χ0v) is 6.45. The van der Waals surface area contributed by atoms with Gasteiger partial charge in [-0.3, -0.25) is 0 Å². The quantitative estimate of drug-likeness (QED) is 0.384. The van der Waals surface area contributed by atoms with Gasteiger partial charge in [0.1, 0.15) is 18.1 Å². The Morgan fingerprint density at radius 2 is 2.25 bits per heavy atom. The van der Waals surface area contributed by atoms with Crippen molar-refractivity contribution in [3.8, 4) is 11.5 Å². The standard InChI is InChI=1S/C8H10N2O2/c9-4-1-2-6-7(8(4)11)5(10)3-12-6/h1-2,5,11H,3,9-10H2/t5-/m0/s1. The lowest BCUT2D eigenvalue weighted by Crippen LogP contribution is -2.11. The molecule has 0 saturated carbocycles. The Hall–Kier alpha value is -1.42. The van der Waals surface area contributed by atoms with Gasteiger partial charge in [0.05, 0.1) is 17.3 Å². The first-order chi connectivity index (χ1) is 5.70. The van der Waals surface area contributed by atoms with Crippen LogP contribution in [0, 0.1) is 0 Å². The monoisotopic (exact) mass is 166 g/mol. The van der Waals surface area contributed by atoms with Crippen molar-refractivity contribution >= 4 is 5.69 Å². The zero-order chi connectivity index (χ0) is 8.72. The van der Waals surface area contributed by atoms with Gasteiger partial charge in [-0.25, -0.2) is 0 Å². The Bertz CT molecular complexity index is 325. The number of fused-ring (bicyclic) bond motifs is 1. The van der Waals surface area contributed by atoms with Crippen molar-refractivity contribution in [1.29, 1.82) is 0 Å². The number of phenols is 1. The van der Waals surface area contributed by atoms with Gasteiger partial charge in [0, 0.05) is 0 Å². The Labute approximate surface area is 69.7 Å². The van der Waals surface area contributed by atoms with Crippen molar-refractivity contribution in [3.05, 3.63) is 17.7 Å². The predicted octanol–water partition coefficient (Wildman–Crippen LogP) is 0.367. The third kappa shape index (κ3) is 0.816. The highest BCUT2D eigenvalue weighted by molar-refractivity contribution is 5.62. The van der Waals surface area contributed by atoms with Crippen LogP contribution in [0.1, 0.15) is 11.6 Å². The molecule has 1 heterocycles. The number of hydrogen-bond acceptors (Lipinski definition) is 4. The molecular weight excluding hydrogens is 156 g/mol. The summed E-state index contributed by atoms with van der Waals surface area (Å²) in [6.45, 7) is 0.409. The number of aromatic hydroxyl groups is 1. The van der Waals surface area contributed by atoms with E-state index in [0.717, 1.165) is 0 Å². The highest BCUT2D eigenvalue weighted by atomic mass is 16.5. The van der Waals surface area contributed by atoms with Crippen molar-refractivity contribution in [1.82, 2.24) is 0 Å². The molecule has 2 rings (SSSR count). The molecule has 1 aliphatic heterocycles. The van der Waals surface area contributed by atoms with Crippen LogP contribution in [-0.2, 0) is 0 Å². The van der Waals surface area contributed by atoms with E-state index in [1.165, 1.54) is 0 Å². The number of phenolic OH excluding ortho intramolecular Hbond substituents is 1. The Kier molecular flexibility index (Phi) is 1.38. The average Bonchev–Trinajstić information content (AvgIpc) is 2.41. The van der Waals surface area contributed by atoms with Crippen LogP contribution in [0.3, 0.4) is 0 Å². The highest BCUT2D eigenvalue weighted by Gasteiger charge is 2.25. The van der Waals surface area contributed by atoms with E-state index in [0.29, 0.717) is 23.6 Å². The minimum absolute atomic E-state index is 0.0532. The molecule has 0 bridgehead atoms. The number of rotatable bonds is 0. The summed E-state index contributed by atoms with van der Waals surface area (Å²) < 4.78 is 5.21. The first kappa shape index (κ1) is 7.24. The Balaban J connectivity index is 2.63. The van der Waals surface area contributed by atoms with Gasteiger partial charge in [0.2, 0.25) is 0 Å². The van der Waals surface area contributed by atoms with Crippen LogP contribution in [0.4, 0.5) is 5.69 Å². The van der Waals surface area contributed by atoms with E-state index in [1.54, 1.807) is 12.1 Å². The fourth-order valence-electron chi connectivity index (χ4n) is 1.35. The normalized spacial score (nSPS) is 20.2. The van der Waals surface area contributed by atoms with Crippen molar-refractivity contribution in [2.45, 2.75) is 6.04 Å². The second kappa shape index (κ2) is 2.28. The molecule has 4 heteroatoms. The van der Waals surface area contributed by atoms with E-state index >= 15 is 0 Å². The molecule has 0 spiro atoms. The molecule has 0 aromatic heterocycles. The van der Waals surface area contributed by atoms with E-state index in [2.05, 4.69) is 0 Å². The van der Waals surface area contributed by atoms with Crippen LogP contribution in [0.15, 0.2) is 12.1 Å². The number of nitrogens with two attached hydrogens (primary N) is 2. The highest BCUT2D eigenvalue weighted by Crippen LogP contribution is 2.40. The Morgan fingerprint density at radius 1 is 1.50 bits per heavy atom. The molecule has 5 N–H and O–H groups in total. The van der Waals surface area contributed by atoms with Crippen molar-refractivity contribution < 1.29 is 9.84 Å². The van der Waals surface area contributed by atoms with E-state index in [-0.39, 0.29) is 11.8 Å². The van der Waals surface area contributed by atoms with Gasteiger partial charge < -0.3 is 21.3 Å². The lowest BCUT2D eigenvalue weighted by molar-refractivity contribution is 0.333. The second-order valence-electron chi connectivity index (χ2n) is 2.83. The summed E-state index contributed by atoms with van der Waals surface area (Å²) in [6.07, 6.45) is 0. The molecule has 0 aliphatic carbocycles. The van der Waals surface area contributed by atoms with Crippen molar-refractivity contribution in [2.24, 2.45) is 5.73 Å². The lowest BCUT2D eigenvalue weighted by atomic mass is 10.1. The lowest BCUT2D eigenvalue weighted by Gasteiger charge is -2.05. The molecule has 1 aliphatic rings. The fourth-order valence-corrected chi connectivity index (χ4v) is 1.35. The van der Waals surface area contributed by atoms with Gasteiger partial charge in [0.25, 0.3) is 0 Å². The number of anilines is 1. The van der Waals surface area contributed by atoms with Gasteiger partial charge in [-0.1, -0.05) is 0 Å². The third-order valence-corrected chi connectivity index (χ3v) is 2.00. The number of ether oxygens (including phenoxy) is 1. The molecule has 0 fully saturated rings. The molecule has 12 heavy (non-hydrogen) atoms. The third-order valence-electron chi connectivity index (χ3n) is 2.00. The number of nitrogen functional groups attached to an aromatic ring is 1. The first-order valence-electron chi connectivity index (χ1n) is 3.70. The molecule has 0 radical (unpaired) electrons. The largest absolute Gasteiger partial charge is 0.505 e. The van der Waals surface area contributed by atoms with E-state index in [9.17, 15) is 5.11 Å². The van der Waals surface area contributed by atoms with Gasteiger partial charge in [-0.2, -0.15) is 0 Å². The minimum Gasteiger partial charge on any atom is -0.505 e. The van der Waals surface area contributed by atoms with Gasteiger partial charge in [-0.15, -0.1) is 0 Å². The molecule has 0 unspecified atom stereocenters. The van der Waals surface area contributed by atoms with Crippen LogP contribution < -0.4 is 16.2 Å². The molecule has 4 nitrogen and oxygen atoms in total. The molecule has 0 amide bonds. The SMILES string of the molecule is Nc1ccc2c(c1O)[C@@H](N)CO2. The van der Waals surface area contributed by atoms with Gasteiger partial charge in [-0.05, 0) is 12.1 Å². The van der Waals surface area contributed by atoms with Gasteiger partial charge >= 0.3 is 0 Å². The number of benzene rings is 1. The summed E-state index contributed by atoms with van der Waals surface area (Å²) in [5.41, 5.74) is 12.1. The van der Waals surface area contributed by atoms with Crippen molar-refractivity contribution in [2.75, 3.05) is 12.3 Å². The van der Waals surface area contributed by atoms with E-state index in [4.69, 9.17) is 16.2 Å². The molecular formula is C8H10N2O2. The summed E-state index contributed by atoms with van der Waals surface area (Å²) in [5.74, 6) is 0.687. The summed E-state index contributed by atoms with van der Waals surface area (Å²) in [4.78, 5) is 0. The fraction of sp³-hybridized carbons (Fsp3) is 0.250. The van der Waals surface area contributed by atoms with Crippen molar-refractivity contribution in [3.63, 3.8) is 0 Å². The second-order valence-corrected chi connectivity index (χ2v) is 2.83. The molecule has 1 atom stereocenters. The maximum absolute atomic E-state index is 9.50. The van der Waals surface area contributed by atoms with Gasteiger partial charge in [0.15, 0.2) is 0 Å². The van der Waals surface area contributed by atoms with Crippen LogP contribution in [0.5, 0.6) is 11.5 Å². The average molecular weight is 166 g/mol. The first-order valence-corrected chi connectivity index (χ1v) is 3.70. The summed E-state index contributed by atoms with van der Waals surface area (Å²) in [5, 5.41) is 9.50. The zero-order valence-electron chi connectivity index (χ0n) is 6.45. The van der Waals surface area contributed by atoms with E-state index < -0.39 is 0 Å². The summed E-state index contributed by atoms with van der Waals surface area (Å²) in [6, 6.07) is 3.06. The topological polar surface area (TPSA) is 81.5 Å². The molecule has 0 saturated heterocycles. The molecule has 1 aromatic rings. The van der Waals surface area contributed by atoms with Crippen LogP contribution >= 0.6 is 0 Å². The Morgan fingerprint density at radius 3 is 3.00 bits per heavy atom. The maximum atomic E-state index is 9.50. The smallest absolute Gasteiger partial charge is 0.147 e. The minimum atomic E-state index is -0.261. The summed E-state index contributed by atoms with van der Waals surface area (Å²) >= 11 is 0. The van der Waals surface area contributed by atoms with Crippen LogP contribution in [-0.4, -0.2) is 11.7 Å².